The van der Waals surface area contributed by atoms with Crippen molar-refractivity contribution in [3.05, 3.63) is 76.9 Å². The lowest BCUT2D eigenvalue weighted by Crippen LogP contribution is -2.21. The molecule has 5 nitrogen and oxygen atoms in total. The zero-order chi connectivity index (χ0) is 21.7. The Balaban J connectivity index is 1.89. The molecule has 5 heteroatoms. The number of nitrogens with one attached hydrogen (secondary N) is 1. The number of anilines is 1. The van der Waals surface area contributed by atoms with E-state index in [-0.39, 0.29) is 12.3 Å². The Bertz CT molecular complexity index is 1140. The van der Waals surface area contributed by atoms with Gasteiger partial charge in [0.1, 0.15) is 0 Å². The van der Waals surface area contributed by atoms with Crippen LogP contribution in [0.1, 0.15) is 47.9 Å². The molecule has 0 heterocycles. The van der Waals surface area contributed by atoms with E-state index in [1.54, 1.807) is 18.2 Å². The number of nitrogens with zero attached hydrogens (tertiary/aromatic N) is 1. The van der Waals surface area contributed by atoms with E-state index in [4.69, 9.17) is 5.11 Å². The first-order valence-electron chi connectivity index (χ1n) is 9.94. The Morgan fingerprint density at radius 2 is 1.90 bits per heavy atom. The minimum Gasteiger partial charge on any atom is -0.481 e. The number of amides is 1. The molecule has 30 heavy (non-hydrogen) atoms. The molecule has 0 aliphatic rings. The molecule has 3 rings (SSSR count). The summed E-state index contributed by atoms with van der Waals surface area (Å²) in [4.78, 5) is 24.0. The number of benzene rings is 3. The van der Waals surface area contributed by atoms with Gasteiger partial charge in [-0.2, -0.15) is 5.26 Å². The van der Waals surface area contributed by atoms with E-state index in [0.29, 0.717) is 24.1 Å². The summed E-state index contributed by atoms with van der Waals surface area (Å²) in [5, 5.41) is 23.2. The number of aliphatic carboxylic acids is 1. The molecule has 1 atom stereocenters. The van der Waals surface area contributed by atoms with Crippen molar-refractivity contribution >= 4 is 28.3 Å². The van der Waals surface area contributed by atoms with Crippen LogP contribution in [0.15, 0.2) is 54.6 Å². The summed E-state index contributed by atoms with van der Waals surface area (Å²) in [6.45, 7) is 3.88. The minimum atomic E-state index is -0.853. The van der Waals surface area contributed by atoms with Gasteiger partial charge in [0.05, 0.1) is 17.6 Å². The topological polar surface area (TPSA) is 90.2 Å². The van der Waals surface area contributed by atoms with Gasteiger partial charge < -0.3 is 10.4 Å². The highest BCUT2D eigenvalue weighted by molar-refractivity contribution is 6.00. The lowest BCUT2D eigenvalue weighted by Gasteiger charge is -2.19. The second-order valence-corrected chi connectivity index (χ2v) is 7.46. The number of carboxylic acid groups (broad SMARTS) is 1. The van der Waals surface area contributed by atoms with Crippen LogP contribution < -0.4 is 5.32 Å². The van der Waals surface area contributed by atoms with Gasteiger partial charge in [-0.3, -0.25) is 9.59 Å². The van der Waals surface area contributed by atoms with Gasteiger partial charge >= 0.3 is 5.97 Å². The molecule has 0 saturated heterocycles. The Morgan fingerprint density at radius 1 is 1.13 bits per heavy atom. The molecular formula is C25H24N2O3. The number of hydrogen-bond donors (Lipinski definition) is 2. The third-order valence-corrected chi connectivity index (χ3v) is 5.35. The summed E-state index contributed by atoms with van der Waals surface area (Å²) in [7, 11) is 0. The van der Waals surface area contributed by atoms with Crippen molar-refractivity contribution < 1.29 is 14.7 Å². The molecule has 0 saturated carbocycles. The molecule has 152 valence electrons. The van der Waals surface area contributed by atoms with E-state index < -0.39 is 11.9 Å². The van der Waals surface area contributed by atoms with E-state index in [2.05, 4.69) is 17.5 Å². The van der Waals surface area contributed by atoms with Crippen LogP contribution in [0.5, 0.6) is 0 Å². The van der Waals surface area contributed by atoms with Crippen molar-refractivity contribution in [2.24, 2.45) is 0 Å². The number of aryl methyl sites for hydroxylation is 2. The maximum absolute atomic E-state index is 13.2. The zero-order valence-corrected chi connectivity index (χ0v) is 17.1. The van der Waals surface area contributed by atoms with Crippen LogP contribution in [0.3, 0.4) is 0 Å². The highest BCUT2D eigenvalue weighted by atomic mass is 16.4. The highest BCUT2D eigenvalue weighted by Gasteiger charge is 2.21. The van der Waals surface area contributed by atoms with Gasteiger partial charge in [0, 0.05) is 12.1 Å². The van der Waals surface area contributed by atoms with Gasteiger partial charge in [-0.05, 0) is 66.3 Å². The van der Waals surface area contributed by atoms with Crippen molar-refractivity contribution in [3.8, 4) is 6.07 Å². The second-order valence-electron chi connectivity index (χ2n) is 7.46. The number of fused-ring (bicyclic) bond motifs is 1. The molecular weight excluding hydrogens is 376 g/mol. The normalized spacial score (nSPS) is 11.6. The Hall–Kier alpha value is -3.65. The van der Waals surface area contributed by atoms with Gasteiger partial charge in [-0.15, -0.1) is 0 Å². The molecule has 3 aromatic rings. The molecule has 0 aromatic heterocycles. The summed E-state index contributed by atoms with van der Waals surface area (Å²) in [5.41, 5.74) is 3.86. The monoisotopic (exact) mass is 400 g/mol. The summed E-state index contributed by atoms with van der Waals surface area (Å²) >= 11 is 0. The molecule has 3 aromatic carbocycles. The van der Waals surface area contributed by atoms with Crippen molar-refractivity contribution in [2.45, 2.75) is 39.0 Å². The van der Waals surface area contributed by atoms with E-state index in [9.17, 15) is 14.9 Å². The molecule has 0 fully saturated rings. The lowest BCUT2D eigenvalue weighted by molar-refractivity contribution is -0.137. The third-order valence-electron chi connectivity index (χ3n) is 5.35. The van der Waals surface area contributed by atoms with Crippen molar-refractivity contribution in [2.75, 3.05) is 5.32 Å². The molecule has 0 aliphatic carbocycles. The largest absolute Gasteiger partial charge is 0.481 e. The van der Waals surface area contributed by atoms with Crippen LogP contribution in [0.2, 0.25) is 0 Å². The van der Waals surface area contributed by atoms with Crippen molar-refractivity contribution in [1.82, 2.24) is 0 Å². The van der Waals surface area contributed by atoms with Crippen LogP contribution in [-0.2, 0) is 16.0 Å². The Morgan fingerprint density at radius 3 is 2.63 bits per heavy atom. The first-order chi connectivity index (χ1) is 14.4. The minimum absolute atomic E-state index is 0.0546. The fourth-order valence-electron chi connectivity index (χ4n) is 3.76. The van der Waals surface area contributed by atoms with E-state index in [1.165, 1.54) is 0 Å². The molecule has 0 bridgehead atoms. The number of nitriles is 1. The van der Waals surface area contributed by atoms with Crippen LogP contribution in [0, 0.1) is 18.3 Å². The smallest absolute Gasteiger partial charge is 0.303 e. The number of carbonyl (C=O) groups is 2. The molecule has 0 aliphatic heterocycles. The fraction of sp³-hybridized carbons (Fsp3) is 0.240. The standard InChI is InChI=1S/C25H24N2O3/c1-16-10-12-19-6-3-4-8-21(19)24(16)17(2)25(30)27-22-14-18(15-26)11-13-20(22)7-5-9-23(28)29/h3-4,6,8,10-14,17H,5,7,9H2,1-2H3,(H,27,30)(H,28,29). The molecule has 1 unspecified atom stereocenters. The maximum atomic E-state index is 13.2. The summed E-state index contributed by atoms with van der Waals surface area (Å²) in [6.07, 6.45) is 1.02. The molecule has 1 amide bonds. The van der Waals surface area contributed by atoms with Gasteiger partial charge in [-0.25, -0.2) is 0 Å². The highest BCUT2D eigenvalue weighted by Crippen LogP contribution is 2.30. The summed E-state index contributed by atoms with van der Waals surface area (Å²) < 4.78 is 0. The molecule has 0 spiro atoms. The van der Waals surface area contributed by atoms with E-state index in [1.807, 2.05) is 44.2 Å². The number of hydrogen-bond acceptors (Lipinski definition) is 3. The lowest BCUT2D eigenvalue weighted by atomic mass is 9.90. The average Bonchev–Trinajstić information content (AvgIpc) is 2.73. The third kappa shape index (κ3) is 4.66. The maximum Gasteiger partial charge on any atom is 0.303 e. The molecule has 0 radical (unpaired) electrons. The first-order valence-corrected chi connectivity index (χ1v) is 9.94. The van der Waals surface area contributed by atoms with E-state index >= 15 is 0 Å². The van der Waals surface area contributed by atoms with Crippen LogP contribution in [-0.4, -0.2) is 17.0 Å². The van der Waals surface area contributed by atoms with E-state index in [0.717, 1.165) is 27.5 Å². The van der Waals surface area contributed by atoms with Crippen molar-refractivity contribution in [1.29, 1.82) is 5.26 Å². The van der Waals surface area contributed by atoms with Gasteiger partial charge in [-0.1, -0.05) is 42.5 Å². The van der Waals surface area contributed by atoms with Crippen LogP contribution in [0.25, 0.3) is 10.8 Å². The number of carbonyl (C=O) groups excluding carboxylic acids is 1. The SMILES string of the molecule is Cc1ccc2ccccc2c1C(C)C(=O)Nc1cc(C#N)ccc1CCCC(=O)O. The predicted molar refractivity (Wildman–Crippen MR) is 117 cm³/mol. The van der Waals surface area contributed by atoms with Gasteiger partial charge in [0.2, 0.25) is 5.91 Å². The zero-order valence-electron chi connectivity index (χ0n) is 17.1. The van der Waals surface area contributed by atoms with Crippen molar-refractivity contribution in [3.63, 3.8) is 0 Å². The Kier molecular flexibility index (Phi) is 6.48. The predicted octanol–water partition coefficient (Wildman–Crippen LogP) is 5.17. The summed E-state index contributed by atoms with van der Waals surface area (Å²) in [5.74, 6) is -1.41. The fourth-order valence-corrected chi connectivity index (χ4v) is 3.76. The quantitative estimate of drug-likeness (QED) is 0.572. The Labute approximate surface area is 176 Å². The van der Waals surface area contributed by atoms with Gasteiger partial charge in [0.25, 0.3) is 0 Å². The average molecular weight is 400 g/mol. The number of rotatable bonds is 7. The van der Waals surface area contributed by atoms with Crippen LogP contribution in [0.4, 0.5) is 5.69 Å². The first kappa shape index (κ1) is 21.1. The van der Waals surface area contributed by atoms with Crippen LogP contribution >= 0.6 is 0 Å². The molecule has 2 N–H and O–H groups in total. The summed E-state index contributed by atoms with van der Waals surface area (Å²) in [6, 6.07) is 19.3. The van der Waals surface area contributed by atoms with Gasteiger partial charge in [0.15, 0.2) is 0 Å². The number of carboxylic acids is 1. The second kappa shape index (κ2) is 9.23.